The summed E-state index contributed by atoms with van der Waals surface area (Å²) >= 11 is 2.61. The Morgan fingerprint density at radius 2 is 2.07 bits per heavy atom. The Labute approximate surface area is 176 Å². The molecule has 150 valence electrons. The number of nitrogens with one attached hydrogen (secondary N) is 1. The predicted molar refractivity (Wildman–Crippen MR) is 117 cm³/mol. The highest BCUT2D eigenvalue weighted by Gasteiger charge is 2.24. The molecular weight excluding hydrogens is 426 g/mol. The fourth-order valence-corrected chi connectivity index (χ4v) is 6.14. The van der Waals surface area contributed by atoms with Crippen LogP contribution >= 0.6 is 22.7 Å². The topological polar surface area (TPSA) is 81.1 Å². The number of aromatic nitrogens is 2. The minimum atomic E-state index is -3.81. The van der Waals surface area contributed by atoms with Crippen LogP contribution in [0, 0.1) is 6.92 Å². The minimum absolute atomic E-state index is 0.123. The summed E-state index contributed by atoms with van der Waals surface area (Å²) in [4.78, 5) is 16.3. The number of pyridine rings is 1. The van der Waals surface area contributed by atoms with E-state index in [0.29, 0.717) is 22.3 Å². The maximum Gasteiger partial charge on any atom is 0.307 e. The first kappa shape index (κ1) is 20.0. The van der Waals surface area contributed by atoms with Crippen molar-refractivity contribution in [2.24, 2.45) is 7.05 Å². The van der Waals surface area contributed by atoms with Crippen LogP contribution in [0.1, 0.15) is 22.9 Å². The summed E-state index contributed by atoms with van der Waals surface area (Å²) in [6.07, 6.45) is 2.17. The van der Waals surface area contributed by atoms with Crippen LogP contribution in [0.5, 0.6) is 0 Å². The maximum atomic E-state index is 13.2. The molecule has 0 saturated heterocycles. The molecule has 4 rings (SSSR count). The molecule has 1 atom stereocenters. The lowest BCUT2D eigenvalue weighted by Gasteiger charge is -2.20. The fourth-order valence-electron chi connectivity index (χ4n) is 3.24. The van der Waals surface area contributed by atoms with E-state index in [0.717, 1.165) is 22.5 Å². The van der Waals surface area contributed by atoms with Gasteiger partial charge in [-0.05, 0) is 65.6 Å². The molecule has 0 fully saturated rings. The number of benzene rings is 1. The molecule has 4 aromatic rings. The van der Waals surface area contributed by atoms with Crippen LogP contribution in [-0.4, -0.2) is 18.0 Å². The van der Waals surface area contributed by atoms with Gasteiger partial charge in [0.15, 0.2) is 0 Å². The van der Waals surface area contributed by atoms with Crippen LogP contribution in [0.15, 0.2) is 63.0 Å². The number of hydrogen-bond acceptors (Lipinski definition) is 6. The second-order valence-electron chi connectivity index (χ2n) is 6.77. The van der Waals surface area contributed by atoms with E-state index in [4.69, 9.17) is 0 Å². The largest absolute Gasteiger partial charge is 0.307 e. The van der Waals surface area contributed by atoms with Crippen molar-refractivity contribution >= 4 is 42.9 Å². The van der Waals surface area contributed by atoms with E-state index in [9.17, 15) is 13.2 Å². The summed E-state index contributed by atoms with van der Waals surface area (Å²) in [5.41, 5.74) is 3.39. The highest BCUT2D eigenvalue weighted by molar-refractivity contribution is 7.89. The Balaban J connectivity index is 1.72. The zero-order chi connectivity index (χ0) is 20.6. The quantitative estimate of drug-likeness (QED) is 0.491. The zero-order valence-electron chi connectivity index (χ0n) is 15.8. The first-order valence-electron chi connectivity index (χ1n) is 8.89. The van der Waals surface area contributed by atoms with E-state index in [2.05, 4.69) is 9.71 Å². The number of thiazole rings is 1. The molecule has 0 bridgehead atoms. The summed E-state index contributed by atoms with van der Waals surface area (Å²) < 4.78 is 31.3. The lowest BCUT2D eigenvalue weighted by Crippen LogP contribution is -2.31. The van der Waals surface area contributed by atoms with Gasteiger partial charge < -0.3 is 4.57 Å². The number of fused-ring (bicyclic) bond motifs is 1. The minimum Gasteiger partial charge on any atom is -0.302 e. The van der Waals surface area contributed by atoms with Gasteiger partial charge in [-0.2, -0.15) is 11.3 Å². The normalized spacial score (nSPS) is 13.0. The monoisotopic (exact) mass is 445 g/mol. The third-order valence-electron chi connectivity index (χ3n) is 4.77. The van der Waals surface area contributed by atoms with Gasteiger partial charge in [-0.1, -0.05) is 17.4 Å². The summed E-state index contributed by atoms with van der Waals surface area (Å²) in [7, 11) is -2.14. The van der Waals surface area contributed by atoms with Crippen molar-refractivity contribution < 1.29 is 8.42 Å². The molecule has 0 aliphatic heterocycles. The van der Waals surface area contributed by atoms with E-state index in [-0.39, 0.29) is 9.77 Å². The molecule has 29 heavy (non-hydrogen) atoms. The first-order chi connectivity index (χ1) is 13.8. The third-order valence-corrected chi connectivity index (χ3v) is 7.97. The first-order valence-corrected chi connectivity index (χ1v) is 12.1. The molecule has 3 aromatic heterocycles. The molecule has 0 unspecified atom stereocenters. The second kappa shape index (κ2) is 7.83. The Bertz CT molecular complexity index is 1320. The maximum absolute atomic E-state index is 13.2. The molecule has 0 spiro atoms. The zero-order valence-corrected chi connectivity index (χ0v) is 18.3. The van der Waals surface area contributed by atoms with Crippen LogP contribution in [0.25, 0.3) is 10.2 Å². The molecule has 1 N–H and O–H groups in total. The molecule has 6 nitrogen and oxygen atoms in total. The Hall–Kier alpha value is -2.33. The standard InChI is InChI=1S/C20H19N3O3S3/c1-13-4-3-8-21-19(13)16(10-14-7-9-27-12-14)22-29(25,26)15-5-6-17-18(11-15)28-20(24)23(17)2/h3-9,11-12,16,22H,10H2,1-2H3/t16-/m0/s1. The number of aryl methyl sites for hydroxylation is 2. The van der Waals surface area contributed by atoms with Crippen LogP contribution < -0.4 is 9.60 Å². The van der Waals surface area contributed by atoms with Crippen LogP contribution in [0.4, 0.5) is 0 Å². The van der Waals surface area contributed by atoms with Crippen LogP contribution in [0.3, 0.4) is 0 Å². The molecular formula is C20H19N3O3S3. The molecule has 1 aromatic carbocycles. The summed E-state index contributed by atoms with van der Waals surface area (Å²) in [6, 6.07) is 9.99. The van der Waals surface area contributed by atoms with Gasteiger partial charge in [-0.3, -0.25) is 9.78 Å². The average Bonchev–Trinajstić information content (AvgIpc) is 3.29. The van der Waals surface area contributed by atoms with E-state index in [1.54, 1.807) is 36.7 Å². The van der Waals surface area contributed by atoms with E-state index in [1.165, 1.54) is 10.6 Å². The van der Waals surface area contributed by atoms with Crippen LogP contribution in [-0.2, 0) is 23.5 Å². The van der Waals surface area contributed by atoms with Gasteiger partial charge in [-0.25, -0.2) is 13.1 Å². The van der Waals surface area contributed by atoms with Gasteiger partial charge >= 0.3 is 4.87 Å². The van der Waals surface area contributed by atoms with E-state index >= 15 is 0 Å². The number of rotatable bonds is 6. The molecule has 0 radical (unpaired) electrons. The molecule has 0 amide bonds. The van der Waals surface area contributed by atoms with Crippen molar-refractivity contribution in [3.8, 4) is 0 Å². The van der Waals surface area contributed by atoms with Crippen molar-refractivity contribution in [2.45, 2.75) is 24.3 Å². The second-order valence-corrected chi connectivity index (χ2v) is 10.3. The van der Waals surface area contributed by atoms with Gasteiger partial charge in [0.25, 0.3) is 0 Å². The van der Waals surface area contributed by atoms with Crippen molar-refractivity contribution in [3.05, 3.63) is 79.8 Å². The van der Waals surface area contributed by atoms with Crippen molar-refractivity contribution in [2.75, 3.05) is 0 Å². The average molecular weight is 446 g/mol. The number of hydrogen-bond donors (Lipinski definition) is 1. The van der Waals surface area contributed by atoms with Gasteiger partial charge in [0.05, 0.1) is 26.8 Å². The lowest BCUT2D eigenvalue weighted by atomic mass is 10.0. The molecule has 9 heteroatoms. The Kier molecular flexibility index (Phi) is 5.39. The van der Waals surface area contributed by atoms with E-state index in [1.807, 2.05) is 35.9 Å². The van der Waals surface area contributed by atoms with Crippen LogP contribution in [0.2, 0.25) is 0 Å². The SMILES string of the molecule is Cc1cccnc1[C@H](Cc1ccsc1)NS(=O)(=O)c1ccc2c(c1)sc(=O)n2C. The van der Waals surface area contributed by atoms with Gasteiger partial charge in [0.2, 0.25) is 10.0 Å². The molecule has 0 aliphatic rings. The molecule has 3 heterocycles. The summed E-state index contributed by atoms with van der Waals surface area (Å²) in [6.45, 7) is 1.92. The highest BCUT2D eigenvalue weighted by atomic mass is 32.2. The summed E-state index contributed by atoms with van der Waals surface area (Å²) in [5, 5.41) is 3.98. The predicted octanol–water partition coefficient (Wildman–Crippen LogP) is 3.63. The number of sulfonamides is 1. The van der Waals surface area contributed by atoms with Gasteiger partial charge in [0, 0.05) is 13.2 Å². The smallest absolute Gasteiger partial charge is 0.302 e. The Morgan fingerprint density at radius 1 is 1.24 bits per heavy atom. The van der Waals surface area contributed by atoms with Crippen molar-refractivity contribution in [1.82, 2.24) is 14.3 Å². The van der Waals surface area contributed by atoms with Gasteiger partial charge in [0.1, 0.15) is 0 Å². The molecule has 0 saturated carbocycles. The number of thiophene rings is 1. The van der Waals surface area contributed by atoms with E-state index < -0.39 is 16.1 Å². The fraction of sp³-hybridized carbons (Fsp3) is 0.200. The highest BCUT2D eigenvalue weighted by Crippen LogP contribution is 2.26. The number of nitrogens with zero attached hydrogens (tertiary/aromatic N) is 2. The Morgan fingerprint density at radius 3 is 2.79 bits per heavy atom. The van der Waals surface area contributed by atoms with Gasteiger partial charge in [-0.15, -0.1) is 0 Å². The van der Waals surface area contributed by atoms with Crippen molar-refractivity contribution in [3.63, 3.8) is 0 Å². The molecule has 0 aliphatic carbocycles. The third kappa shape index (κ3) is 4.04. The lowest BCUT2D eigenvalue weighted by molar-refractivity contribution is 0.549. The van der Waals surface area contributed by atoms with Crippen molar-refractivity contribution in [1.29, 1.82) is 0 Å². The summed E-state index contributed by atoms with van der Waals surface area (Å²) in [5.74, 6) is 0.